The Hall–Kier alpha value is -1.86. The number of rotatable bonds is 6. The zero-order valence-corrected chi connectivity index (χ0v) is 11.4. The minimum Gasteiger partial charge on any atom is -0.444 e. The Morgan fingerprint density at radius 2 is 2.05 bits per heavy atom. The molecule has 1 heterocycles. The van der Waals surface area contributed by atoms with Gasteiger partial charge in [0.2, 0.25) is 5.89 Å². The zero-order valence-electron chi connectivity index (χ0n) is 11.4. The third-order valence-corrected chi connectivity index (χ3v) is 2.80. The highest BCUT2D eigenvalue weighted by Gasteiger charge is 2.34. The normalized spacial score (nSPS) is 11.8. The Morgan fingerprint density at radius 1 is 1.29 bits per heavy atom. The molecule has 0 atom stereocenters. The van der Waals surface area contributed by atoms with E-state index < -0.39 is 11.7 Å². The number of oxazole rings is 1. The van der Waals surface area contributed by atoms with Gasteiger partial charge in [-0.2, -0.15) is 13.2 Å². The summed E-state index contributed by atoms with van der Waals surface area (Å²) in [6.45, 7) is 1.57. The lowest BCUT2D eigenvalue weighted by Crippen LogP contribution is -2.18. The molecule has 1 N–H and O–H groups in total. The maximum Gasteiger partial charge on any atom is 0.417 e. The van der Waals surface area contributed by atoms with Gasteiger partial charge in [-0.25, -0.2) is 4.98 Å². The van der Waals surface area contributed by atoms with Crippen molar-refractivity contribution < 1.29 is 22.3 Å². The van der Waals surface area contributed by atoms with Gasteiger partial charge < -0.3 is 14.5 Å². The van der Waals surface area contributed by atoms with E-state index in [1.54, 1.807) is 7.11 Å². The molecule has 0 saturated carbocycles. The lowest BCUT2D eigenvalue weighted by molar-refractivity contribution is -0.137. The van der Waals surface area contributed by atoms with Gasteiger partial charge in [0.25, 0.3) is 0 Å². The van der Waals surface area contributed by atoms with Gasteiger partial charge in [-0.05, 0) is 12.1 Å². The second-order valence-corrected chi connectivity index (χ2v) is 4.36. The molecule has 1 aromatic heterocycles. The number of methoxy groups -OCH3 is 1. The Labute approximate surface area is 119 Å². The summed E-state index contributed by atoms with van der Waals surface area (Å²) in [7, 11) is 1.59. The summed E-state index contributed by atoms with van der Waals surface area (Å²) in [5.74, 6) is -0.0357. The van der Waals surface area contributed by atoms with E-state index in [0.29, 0.717) is 25.4 Å². The predicted octanol–water partition coefficient (Wildman–Crippen LogP) is 3.10. The van der Waals surface area contributed by atoms with Crippen molar-refractivity contribution in [2.24, 2.45) is 0 Å². The van der Waals surface area contributed by atoms with Crippen LogP contribution in [0.3, 0.4) is 0 Å². The highest BCUT2D eigenvalue weighted by molar-refractivity contribution is 5.59. The molecule has 0 aliphatic heterocycles. The van der Waals surface area contributed by atoms with Crippen molar-refractivity contribution in [1.82, 2.24) is 10.3 Å². The van der Waals surface area contributed by atoms with E-state index in [1.165, 1.54) is 24.5 Å². The highest BCUT2D eigenvalue weighted by atomic mass is 19.4. The van der Waals surface area contributed by atoms with E-state index in [1.807, 2.05) is 0 Å². The van der Waals surface area contributed by atoms with Crippen LogP contribution < -0.4 is 5.32 Å². The highest BCUT2D eigenvalue weighted by Crippen LogP contribution is 2.36. The molecule has 0 unspecified atom stereocenters. The van der Waals surface area contributed by atoms with E-state index in [0.717, 1.165) is 6.07 Å². The fraction of sp³-hybridized carbons (Fsp3) is 0.357. The molecule has 0 amide bonds. The van der Waals surface area contributed by atoms with Gasteiger partial charge in [0.1, 0.15) is 6.26 Å². The van der Waals surface area contributed by atoms with Crippen LogP contribution >= 0.6 is 0 Å². The molecule has 21 heavy (non-hydrogen) atoms. The molecule has 2 aromatic rings. The number of hydrogen-bond acceptors (Lipinski definition) is 4. The van der Waals surface area contributed by atoms with Crippen LogP contribution in [-0.4, -0.2) is 25.2 Å². The lowest BCUT2D eigenvalue weighted by atomic mass is 10.1. The molecule has 0 fully saturated rings. The average molecular weight is 300 g/mol. The van der Waals surface area contributed by atoms with Crippen molar-refractivity contribution in [3.05, 3.63) is 41.8 Å². The minimum atomic E-state index is -4.44. The topological polar surface area (TPSA) is 47.3 Å². The summed E-state index contributed by atoms with van der Waals surface area (Å²) in [5, 5.41) is 3.04. The molecule has 1 aromatic carbocycles. The van der Waals surface area contributed by atoms with Gasteiger partial charge in [-0.3, -0.25) is 0 Å². The Balaban J connectivity index is 2.15. The van der Waals surface area contributed by atoms with E-state index in [9.17, 15) is 13.2 Å². The summed E-state index contributed by atoms with van der Waals surface area (Å²) < 4.78 is 48.8. The second kappa shape index (κ2) is 6.73. The minimum absolute atomic E-state index is 0.0357. The lowest BCUT2D eigenvalue weighted by Gasteiger charge is -2.09. The molecule has 7 heteroatoms. The molecular weight excluding hydrogens is 285 g/mol. The maximum atomic E-state index is 12.9. The molecule has 0 aliphatic rings. The zero-order chi connectivity index (χ0) is 15.3. The number of hydrogen-bond donors (Lipinski definition) is 1. The molecule has 0 spiro atoms. The number of nitrogens with one attached hydrogen (secondary N) is 1. The van der Waals surface area contributed by atoms with Crippen LogP contribution in [0.5, 0.6) is 0 Å². The third-order valence-electron chi connectivity index (χ3n) is 2.80. The number of ether oxygens (including phenoxy) is 1. The smallest absolute Gasteiger partial charge is 0.417 e. The molecule has 0 bridgehead atoms. The predicted molar refractivity (Wildman–Crippen MR) is 70.5 cm³/mol. The van der Waals surface area contributed by atoms with E-state index in [2.05, 4.69) is 10.3 Å². The van der Waals surface area contributed by atoms with Crippen LogP contribution in [0.4, 0.5) is 13.2 Å². The molecular formula is C14H15F3N2O2. The first kappa shape index (κ1) is 15.5. The number of nitrogens with zero attached hydrogens (tertiary/aromatic N) is 1. The van der Waals surface area contributed by atoms with Gasteiger partial charge in [0, 0.05) is 25.8 Å². The monoisotopic (exact) mass is 300 g/mol. The first-order valence-electron chi connectivity index (χ1n) is 6.33. The SMILES string of the molecule is COCCNCc1coc(-c2ccccc2C(F)(F)F)n1. The largest absolute Gasteiger partial charge is 0.444 e. The molecule has 114 valence electrons. The molecule has 0 saturated heterocycles. The fourth-order valence-corrected chi connectivity index (χ4v) is 1.82. The van der Waals surface area contributed by atoms with Gasteiger partial charge in [-0.1, -0.05) is 12.1 Å². The standard InChI is InChI=1S/C14H15F3N2O2/c1-20-7-6-18-8-10-9-21-13(19-10)11-4-2-3-5-12(11)14(15,16)17/h2-5,9,18H,6-8H2,1H3. The van der Waals surface area contributed by atoms with Crippen LogP contribution in [-0.2, 0) is 17.5 Å². The van der Waals surface area contributed by atoms with Crippen molar-refractivity contribution in [2.45, 2.75) is 12.7 Å². The first-order valence-corrected chi connectivity index (χ1v) is 6.33. The van der Waals surface area contributed by atoms with Crippen LogP contribution in [0.15, 0.2) is 34.9 Å². The van der Waals surface area contributed by atoms with E-state index in [4.69, 9.17) is 9.15 Å². The summed E-state index contributed by atoms with van der Waals surface area (Å²) in [6.07, 6.45) is -3.09. The molecule has 2 rings (SSSR count). The van der Waals surface area contributed by atoms with Crippen molar-refractivity contribution in [3.8, 4) is 11.5 Å². The average Bonchev–Trinajstić information content (AvgIpc) is 2.91. The number of alkyl halides is 3. The van der Waals surface area contributed by atoms with E-state index >= 15 is 0 Å². The van der Waals surface area contributed by atoms with Crippen molar-refractivity contribution >= 4 is 0 Å². The van der Waals surface area contributed by atoms with Crippen LogP contribution in [0, 0.1) is 0 Å². The van der Waals surface area contributed by atoms with Gasteiger partial charge in [0.15, 0.2) is 0 Å². The summed E-state index contributed by atoms with van der Waals surface area (Å²) in [6, 6.07) is 5.21. The second-order valence-electron chi connectivity index (χ2n) is 4.36. The summed E-state index contributed by atoms with van der Waals surface area (Å²) in [4.78, 5) is 4.08. The summed E-state index contributed by atoms with van der Waals surface area (Å²) in [5.41, 5.74) is -0.281. The number of aromatic nitrogens is 1. The maximum absolute atomic E-state index is 12.9. The quantitative estimate of drug-likeness (QED) is 0.833. The van der Waals surface area contributed by atoms with Crippen molar-refractivity contribution in [1.29, 1.82) is 0 Å². The Kier molecular flexibility index (Phi) is 4.98. The van der Waals surface area contributed by atoms with Crippen molar-refractivity contribution in [3.63, 3.8) is 0 Å². The fourth-order valence-electron chi connectivity index (χ4n) is 1.82. The molecule has 4 nitrogen and oxygen atoms in total. The number of benzene rings is 1. The summed E-state index contributed by atoms with van der Waals surface area (Å²) >= 11 is 0. The van der Waals surface area contributed by atoms with Gasteiger partial charge >= 0.3 is 6.18 Å². The molecule has 0 aliphatic carbocycles. The third kappa shape index (κ3) is 4.05. The Morgan fingerprint density at radius 3 is 2.76 bits per heavy atom. The van der Waals surface area contributed by atoms with Crippen molar-refractivity contribution in [2.75, 3.05) is 20.3 Å². The van der Waals surface area contributed by atoms with Gasteiger partial charge in [-0.15, -0.1) is 0 Å². The number of halogens is 3. The Bertz CT molecular complexity index is 582. The van der Waals surface area contributed by atoms with Crippen LogP contribution in [0.25, 0.3) is 11.5 Å². The molecule has 0 radical (unpaired) electrons. The van der Waals surface area contributed by atoms with Gasteiger partial charge in [0.05, 0.1) is 17.9 Å². The van der Waals surface area contributed by atoms with E-state index in [-0.39, 0.29) is 11.5 Å². The first-order chi connectivity index (χ1) is 10.0. The van der Waals surface area contributed by atoms with Crippen LogP contribution in [0.1, 0.15) is 11.3 Å². The van der Waals surface area contributed by atoms with Crippen LogP contribution in [0.2, 0.25) is 0 Å².